The van der Waals surface area contributed by atoms with Gasteiger partial charge in [-0.2, -0.15) is 0 Å². The van der Waals surface area contributed by atoms with E-state index < -0.39 is 0 Å². The highest BCUT2D eigenvalue weighted by Gasteiger charge is 2.10. The van der Waals surface area contributed by atoms with Crippen molar-refractivity contribution in [3.8, 4) is 0 Å². The van der Waals surface area contributed by atoms with Crippen molar-refractivity contribution in [1.82, 2.24) is 0 Å². The molecule has 0 N–H and O–H groups in total. The molecule has 0 radical (unpaired) electrons. The maximum absolute atomic E-state index is 2.32. The van der Waals surface area contributed by atoms with E-state index in [0.717, 1.165) is 11.8 Å². The van der Waals surface area contributed by atoms with Crippen LogP contribution in [0, 0.1) is 11.8 Å². The summed E-state index contributed by atoms with van der Waals surface area (Å²) in [7, 11) is 4.20. The third-order valence-electron chi connectivity index (χ3n) is 3.33. The minimum absolute atomic E-state index is 0.803. The van der Waals surface area contributed by atoms with Crippen LogP contribution in [0.25, 0.3) is 0 Å². The number of rotatable bonds is 6. The lowest BCUT2D eigenvalue weighted by atomic mass is 9.89. The first-order valence-electron chi connectivity index (χ1n) is 6.79. The van der Waals surface area contributed by atoms with Crippen LogP contribution in [0.4, 0.5) is 5.69 Å². The molecule has 0 spiro atoms. The largest absolute Gasteiger partial charge is 0.378 e. The van der Waals surface area contributed by atoms with Crippen molar-refractivity contribution >= 4 is 5.69 Å². The van der Waals surface area contributed by atoms with Gasteiger partial charge in [0.1, 0.15) is 0 Å². The van der Waals surface area contributed by atoms with Crippen molar-refractivity contribution in [3.05, 3.63) is 29.8 Å². The zero-order chi connectivity index (χ0) is 12.8. The van der Waals surface area contributed by atoms with Crippen LogP contribution in [0.15, 0.2) is 24.3 Å². The second-order valence-electron chi connectivity index (χ2n) is 5.67. The molecule has 1 aromatic carbocycles. The van der Waals surface area contributed by atoms with Crippen LogP contribution in [0.3, 0.4) is 0 Å². The first kappa shape index (κ1) is 14.1. The van der Waals surface area contributed by atoms with E-state index in [-0.39, 0.29) is 0 Å². The van der Waals surface area contributed by atoms with E-state index in [2.05, 4.69) is 64.0 Å². The third kappa shape index (κ3) is 4.80. The van der Waals surface area contributed by atoms with E-state index in [1.165, 1.54) is 30.5 Å². The van der Waals surface area contributed by atoms with Crippen LogP contribution in [0.5, 0.6) is 0 Å². The summed E-state index contributed by atoms with van der Waals surface area (Å²) >= 11 is 0. The van der Waals surface area contributed by atoms with Gasteiger partial charge in [-0.15, -0.1) is 0 Å². The molecule has 1 rings (SSSR count). The first-order valence-corrected chi connectivity index (χ1v) is 6.79. The lowest BCUT2D eigenvalue weighted by Gasteiger charge is -2.19. The van der Waals surface area contributed by atoms with E-state index >= 15 is 0 Å². The Kier molecular flexibility index (Phi) is 5.54. The van der Waals surface area contributed by atoms with Crippen LogP contribution in [0.2, 0.25) is 0 Å². The van der Waals surface area contributed by atoms with Crippen molar-refractivity contribution in [2.24, 2.45) is 11.8 Å². The maximum atomic E-state index is 2.32. The molecule has 1 nitrogen and oxygen atoms in total. The van der Waals surface area contributed by atoms with Crippen LogP contribution in [-0.4, -0.2) is 14.1 Å². The van der Waals surface area contributed by atoms with Gasteiger partial charge in [0.25, 0.3) is 0 Å². The van der Waals surface area contributed by atoms with Crippen molar-refractivity contribution in [2.45, 2.75) is 40.0 Å². The van der Waals surface area contributed by atoms with Gasteiger partial charge < -0.3 is 4.90 Å². The minimum atomic E-state index is 0.803. The molecule has 0 saturated carbocycles. The van der Waals surface area contributed by atoms with Gasteiger partial charge in [0.2, 0.25) is 0 Å². The van der Waals surface area contributed by atoms with Crippen molar-refractivity contribution in [2.75, 3.05) is 19.0 Å². The summed E-state index contributed by atoms with van der Waals surface area (Å²) in [6.45, 7) is 6.95. The van der Waals surface area contributed by atoms with Crippen molar-refractivity contribution in [3.63, 3.8) is 0 Å². The average Bonchev–Trinajstić information content (AvgIpc) is 2.28. The molecule has 0 amide bonds. The zero-order valence-corrected chi connectivity index (χ0v) is 12.0. The average molecular weight is 233 g/mol. The topological polar surface area (TPSA) is 3.24 Å². The maximum Gasteiger partial charge on any atom is 0.0363 e. The van der Waals surface area contributed by atoms with E-state index in [1.54, 1.807) is 0 Å². The molecule has 0 aromatic heterocycles. The second kappa shape index (κ2) is 6.68. The number of anilines is 1. The molecule has 1 unspecified atom stereocenters. The van der Waals surface area contributed by atoms with Gasteiger partial charge in [-0.3, -0.25) is 0 Å². The van der Waals surface area contributed by atoms with Crippen LogP contribution in [-0.2, 0) is 6.42 Å². The van der Waals surface area contributed by atoms with E-state index in [1.807, 2.05) is 0 Å². The molecular formula is C16H27N. The fourth-order valence-electron chi connectivity index (χ4n) is 2.36. The Morgan fingerprint density at radius 3 is 2.41 bits per heavy atom. The van der Waals surface area contributed by atoms with Gasteiger partial charge >= 0.3 is 0 Å². The Morgan fingerprint density at radius 1 is 1.18 bits per heavy atom. The van der Waals surface area contributed by atoms with Gasteiger partial charge in [-0.25, -0.2) is 0 Å². The standard InChI is InChI=1S/C16H27N/c1-6-14(10-13(2)3)11-15-8-7-9-16(12-15)17(4)5/h7-9,12-14H,6,10-11H2,1-5H3. The molecule has 0 aliphatic rings. The predicted octanol–water partition coefficient (Wildman–Crippen LogP) is 4.37. The van der Waals surface area contributed by atoms with Gasteiger partial charge in [0.05, 0.1) is 0 Å². The SMILES string of the molecule is CCC(Cc1cccc(N(C)C)c1)CC(C)C. The quantitative estimate of drug-likeness (QED) is 0.705. The molecule has 1 aromatic rings. The summed E-state index contributed by atoms with van der Waals surface area (Å²) in [5.41, 5.74) is 2.78. The zero-order valence-electron chi connectivity index (χ0n) is 12.0. The van der Waals surface area contributed by atoms with Crippen LogP contribution >= 0.6 is 0 Å². The highest BCUT2D eigenvalue weighted by atomic mass is 15.1. The lowest BCUT2D eigenvalue weighted by Crippen LogP contribution is -2.10. The fourth-order valence-corrected chi connectivity index (χ4v) is 2.36. The van der Waals surface area contributed by atoms with E-state index in [4.69, 9.17) is 0 Å². The molecule has 1 atom stereocenters. The Labute approximate surface area is 107 Å². The Balaban J connectivity index is 2.69. The van der Waals surface area contributed by atoms with Gasteiger partial charge in [0.15, 0.2) is 0 Å². The summed E-state index contributed by atoms with van der Waals surface area (Å²) in [6, 6.07) is 8.93. The van der Waals surface area contributed by atoms with Crippen LogP contribution < -0.4 is 4.90 Å². The smallest absolute Gasteiger partial charge is 0.0363 e. The van der Waals surface area contributed by atoms with Gasteiger partial charge in [-0.1, -0.05) is 39.3 Å². The Hall–Kier alpha value is -0.980. The highest BCUT2D eigenvalue weighted by Crippen LogP contribution is 2.22. The van der Waals surface area contributed by atoms with Crippen LogP contribution in [0.1, 0.15) is 39.2 Å². The highest BCUT2D eigenvalue weighted by molar-refractivity contribution is 5.47. The molecular weight excluding hydrogens is 206 g/mol. The summed E-state index contributed by atoms with van der Waals surface area (Å²) < 4.78 is 0. The molecule has 0 fully saturated rings. The number of benzene rings is 1. The van der Waals surface area contributed by atoms with Gasteiger partial charge in [-0.05, 0) is 42.4 Å². The minimum Gasteiger partial charge on any atom is -0.378 e. The second-order valence-corrected chi connectivity index (χ2v) is 5.67. The van der Waals surface area contributed by atoms with E-state index in [0.29, 0.717) is 0 Å². The molecule has 0 aliphatic heterocycles. The van der Waals surface area contributed by atoms with Gasteiger partial charge in [0, 0.05) is 19.8 Å². The predicted molar refractivity (Wildman–Crippen MR) is 77.7 cm³/mol. The number of hydrogen-bond donors (Lipinski definition) is 0. The first-order chi connectivity index (χ1) is 8.02. The molecule has 0 heterocycles. The fraction of sp³-hybridized carbons (Fsp3) is 0.625. The summed E-state index contributed by atoms with van der Waals surface area (Å²) in [4.78, 5) is 2.17. The lowest BCUT2D eigenvalue weighted by molar-refractivity contribution is 0.397. The molecule has 0 bridgehead atoms. The number of hydrogen-bond acceptors (Lipinski definition) is 1. The van der Waals surface area contributed by atoms with Crippen molar-refractivity contribution < 1.29 is 0 Å². The normalized spacial score (nSPS) is 12.8. The Bertz CT molecular complexity index is 328. The van der Waals surface area contributed by atoms with E-state index in [9.17, 15) is 0 Å². The monoisotopic (exact) mass is 233 g/mol. The van der Waals surface area contributed by atoms with Crippen molar-refractivity contribution in [1.29, 1.82) is 0 Å². The molecule has 96 valence electrons. The number of nitrogens with zero attached hydrogens (tertiary/aromatic N) is 1. The summed E-state index contributed by atoms with van der Waals surface area (Å²) in [5, 5.41) is 0. The molecule has 0 aliphatic carbocycles. The third-order valence-corrected chi connectivity index (χ3v) is 3.33. The molecule has 0 saturated heterocycles. The Morgan fingerprint density at radius 2 is 1.88 bits per heavy atom. The summed E-state index contributed by atoms with van der Waals surface area (Å²) in [5.74, 6) is 1.63. The molecule has 1 heteroatoms. The molecule has 17 heavy (non-hydrogen) atoms. The summed E-state index contributed by atoms with van der Waals surface area (Å²) in [6.07, 6.45) is 3.84.